The van der Waals surface area contributed by atoms with Gasteiger partial charge in [0.2, 0.25) is 0 Å². The molecule has 0 bridgehead atoms. The Balaban J connectivity index is 2.01. The molecule has 0 spiro atoms. The summed E-state index contributed by atoms with van der Waals surface area (Å²) >= 11 is 0. The van der Waals surface area contributed by atoms with E-state index in [1.807, 2.05) is 6.92 Å². The summed E-state index contributed by atoms with van der Waals surface area (Å²) in [5.41, 5.74) is 5.53. The van der Waals surface area contributed by atoms with E-state index >= 15 is 0 Å². The molecule has 0 aliphatic heterocycles. The molecule has 3 heteroatoms. The van der Waals surface area contributed by atoms with E-state index in [1.165, 1.54) is 19.3 Å². The number of nitrogens with zero attached hydrogens (tertiary/aromatic N) is 1. The molecule has 0 aromatic carbocycles. The molecule has 0 atom stereocenters. The minimum Gasteiger partial charge on any atom is -0.370 e. The van der Waals surface area contributed by atoms with Crippen molar-refractivity contribution in [3.63, 3.8) is 0 Å². The predicted molar refractivity (Wildman–Crippen MR) is 47.5 cm³/mol. The monoisotopic (exact) mass is 155 g/mol. The summed E-state index contributed by atoms with van der Waals surface area (Å²) in [5.74, 6) is 1.54. The van der Waals surface area contributed by atoms with Crippen molar-refractivity contribution in [1.29, 1.82) is 0 Å². The van der Waals surface area contributed by atoms with Gasteiger partial charge in [0.25, 0.3) is 0 Å². The molecule has 0 amide bonds. The van der Waals surface area contributed by atoms with Crippen molar-refractivity contribution in [2.24, 2.45) is 16.6 Å². The summed E-state index contributed by atoms with van der Waals surface area (Å²) in [6, 6.07) is 0. The molecule has 3 nitrogen and oxygen atoms in total. The summed E-state index contributed by atoms with van der Waals surface area (Å²) in [6.07, 6.45) is 4.01. The van der Waals surface area contributed by atoms with Crippen LogP contribution < -0.4 is 11.1 Å². The third-order valence-corrected chi connectivity index (χ3v) is 1.87. The smallest absolute Gasteiger partial charge is 0.188 e. The third kappa shape index (κ3) is 3.86. The minimum atomic E-state index is 0.591. The summed E-state index contributed by atoms with van der Waals surface area (Å²) in [7, 11) is 0. The van der Waals surface area contributed by atoms with Crippen LogP contribution in [0.3, 0.4) is 0 Å². The fourth-order valence-electron chi connectivity index (χ4n) is 1.01. The van der Waals surface area contributed by atoms with Crippen LogP contribution in [-0.4, -0.2) is 19.0 Å². The van der Waals surface area contributed by atoms with Crippen LogP contribution in [0.15, 0.2) is 4.99 Å². The zero-order chi connectivity index (χ0) is 8.10. The maximum Gasteiger partial charge on any atom is 0.188 e. The molecule has 0 aromatic rings. The summed E-state index contributed by atoms with van der Waals surface area (Å²) in [6.45, 7) is 3.77. The Morgan fingerprint density at radius 2 is 2.36 bits per heavy atom. The lowest BCUT2D eigenvalue weighted by atomic mass is 10.3. The molecule has 11 heavy (non-hydrogen) atoms. The van der Waals surface area contributed by atoms with Crippen LogP contribution in [0.25, 0.3) is 0 Å². The molecule has 3 N–H and O–H groups in total. The number of hydrogen-bond acceptors (Lipinski definition) is 1. The van der Waals surface area contributed by atoms with Crippen molar-refractivity contribution < 1.29 is 0 Å². The van der Waals surface area contributed by atoms with Gasteiger partial charge >= 0.3 is 0 Å². The van der Waals surface area contributed by atoms with Crippen molar-refractivity contribution in [2.45, 2.75) is 26.2 Å². The van der Waals surface area contributed by atoms with Crippen LogP contribution in [-0.2, 0) is 0 Å². The van der Waals surface area contributed by atoms with E-state index in [0.29, 0.717) is 5.96 Å². The summed E-state index contributed by atoms with van der Waals surface area (Å²) < 4.78 is 0. The Morgan fingerprint density at radius 3 is 2.91 bits per heavy atom. The molecule has 0 unspecified atom stereocenters. The Kier molecular flexibility index (Phi) is 3.20. The van der Waals surface area contributed by atoms with E-state index in [2.05, 4.69) is 10.3 Å². The van der Waals surface area contributed by atoms with Crippen LogP contribution in [0.4, 0.5) is 0 Å². The first-order chi connectivity index (χ1) is 5.33. The van der Waals surface area contributed by atoms with Crippen molar-refractivity contribution >= 4 is 5.96 Å². The molecular formula is C8H17N3. The quantitative estimate of drug-likeness (QED) is 0.464. The number of nitrogens with two attached hydrogens (primary N) is 1. The van der Waals surface area contributed by atoms with Gasteiger partial charge in [0.05, 0.1) is 0 Å². The predicted octanol–water partition coefficient (Wildman–Crippen LogP) is 0.711. The van der Waals surface area contributed by atoms with Crippen molar-refractivity contribution in [3.8, 4) is 0 Å². The first-order valence-electron chi connectivity index (χ1n) is 4.36. The molecule has 1 aliphatic rings. The van der Waals surface area contributed by atoms with Crippen molar-refractivity contribution in [2.75, 3.05) is 13.1 Å². The lowest BCUT2D eigenvalue weighted by Gasteiger charge is -2.00. The highest BCUT2D eigenvalue weighted by Crippen LogP contribution is 2.31. The highest BCUT2D eigenvalue weighted by atomic mass is 15.1. The highest BCUT2D eigenvalue weighted by Gasteiger charge is 2.19. The zero-order valence-electron chi connectivity index (χ0n) is 7.14. The van der Waals surface area contributed by atoms with Gasteiger partial charge in [0.15, 0.2) is 5.96 Å². The molecule has 1 rings (SSSR count). The molecule has 1 aliphatic carbocycles. The van der Waals surface area contributed by atoms with Crippen LogP contribution in [0.2, 0.25) is 0 Å². The normalized spacial score (nSPS) is 18.5. The van der Waals surface area contributed by atoms with Crippen molar-refractivity contribution in [3.05, 3.63) is 0 Å². The second-order valence-electron chi connectivity index (χ2n) is 3.03. The number of guanidine groups is 1. The Labute approximate surface area is 68.1 Å². The van der Waals surface area contributed by atoms with E-state index in [4.69, 9.17) is 5.73 Å². The highest BCUT2D eigenvalue weighted by molar-refractivity contribution is 5.77. The summed E-state index contributed by atoms with van der Waals surface area (Å²) in [4.78, 5) is 4.18. The molecule has 1 saturated carbocycles. The van der Waals surface area contributed by atoms with E-state index in [0.717, 1.165) is 19.0 Å². The number of rotatable bonds is 4. The maximum absolute atomic E-state index is 5.53. The zero-order valence-corrected chi connectivity index (χ0v) is 7.14. The van der Waals surface area contributed by atoms with Gasteiger partial charge in [-0.15, -0.1) is 0 Å². The minimum absolute atomic E-state index is 0.591. The molecule has 0 saturated heterocycles. The fourth-order valence-corrected chi connectivity index (χ4v) is 1.01. The van der Waals surface area contributed by atoms with Crippen LogP contribution in [0, 0.1) is 5.92 Å². The molecular weight excluding hydrogens is 138 g/mol. The van der Waals surface area contributed by atoms with E-state index in [9.17, 15) is 0 Å². The first kappa shape index (κ1) is 8.37. The standard InChI is InChI=1S/C8H17N3/c1-2-10-8(9)11-6-5-7-3-4-7/h7H,2-6H2,1H3,(H3,9,10,11). The van der Waals surface area contributed by atoms with Gasteiger partial charge in [-0.05, 0) is 19.3 Å². The fraction of sp³-hybridized carbons (Fsp3) is 0.875. The van der Waals surface area contributed by atoms with Gasteiger partial charge in [-0.2, -0.15) is 0 Å². The van der Waals surface area contributed by atoms with E-state index in [1.54, 1.807) is 0 Å². The van der Waals surface area contributed by atoms with Crippen LogP contribution in [0.1, 0.15) is 26.2 Å². The summed E-state index contributed by atoms with van der Waals surface area (Å²) in [5, 5.41) is 2.97. The first-order valence-corrected chi connectivity index (χ1v) is 4.36. The van der Waals surface area contributed by atoms with E-state index < -0.39 is 0 Å². The van der Waals surface area contributed by atoms with Gasteiger partial charge in [-0.3, -0.25) is 4.99 Å². The van der Waals surface area contributed by atoms with Gasteiger partial charge < -0.3 is 11.1 Å². The number of nitrogens with one attached hydrogen (secondary N) is 1. The molecule has 0 aromatic heterocycles. The molecule has 64 valence electrons. The second-order valence-corrected chi connectivity index (χ2v) is 3.03. The Bertz CT molecular complexity index is 138. The third-order valence-electron chi connectivity index (χ3n) is 1.87. The Morgan fingerprint density at radius 1 is 1.64 bits per heavy atom. The van der Waals surface area contributed by atoms with Gasteiger partial charge in [0.1, 0.15) is 0 Å². The van der Waals surface area contributed by atoms with Crippen molar-refractivity contribution in [1.82, 2.24) is 5.32 Å². The molecule has 1 fully saturated rings. The largest absolute Gasteiger partial charge is 0.370 e. The second kappa shape index (κ2) is 4.21. The van der Waals surface area contributed by atoms with Gasteiger partial charge in [-0.25, -0.2) is 0 Å². The topological polar surface area (TPSA) is 50.4 Å². The van der Waals surface area contributed by atoms with Crippen LogP contribution in [0.5, 0.6) is 0 Å². The SMILES string of the molecule is CCNC(N)=NCCC1CC1. The van der Waals surface area contributed by atoms with Crippen LogP contribution >= 0.6 is 0 Å². The average molecular weight is 155 g/mol. The lowest BCUT2D eigenvalue weighted by molar-refractivity contribution is 0.735. The Hall–Kier alpha value is -0.730. The molecule has 0 radical (unpaired) electrons. The number of hydrogen-bond donors (Lipinski definition) is 2. The molecule has 0 heterocycles. The maximum atomic E-state index is 5.53. The van der Waals surface area contributed by atoms with Gasteiger partial charge in [-0.1, -0.05) is 12.8 Å². The average Bonchev–Trinajstić information content (AvgIpc) is 2.72. The number of aliphatic imine (C=N–C) groups is 1. The van der Waals surface area contributed by atoms with Gasteiger partial charge in [0, 0.05) is 13.1 Å². The van der Waals surface area contributed by atoms with E-state index in [-0.39, 0.29) is 0 Å². The lowest BCUT2D eigenvalue weighted by Crippen LogP contribution is -2.31.